The summed E-state index contributed by atoms with van der Waals surface area (Å²) in [7, 11) is 1.64. The number of nitrogens with zero attached hydrogens (tertiary/aromatic N) is 3. The highest BCUT2D eigenvalue weighted by atomic mass is 32.2. The highest BCUT2D eigenvalue weighted by Gasteiger charge is 2.33. The van der Waals surface area contributed by atoms with Gasteiger partial charge in [0.2, 0.25) is 0 Å². The Morgan fingerprint density at radius 2 is 1.94 bits per heavy atom. The van der Waals surface area contributed by atoms with Crippen LogP contribution in [0.4, 0.5) is 5.69 Å². The van der Waals surface area contributed by atoms with Crippen LogP contribution in [0.5, 0.6) is 0 Å². The Labute approximate surface area is 196 Å². The Hall–Kier alpha value is -3.62. The molecule has 0 bridgehead atoms. The Morgan fingerprint density at radius 3 is 2.70 bits per heavy atom. The predicted octanol–water partition coefficient (Wildman–Crippen LogP) is 4.82. The van der Waals surface area contributed by atoms with E-state index in [9.17, 15) is 14.7 Å². The van der Waals surface area contributed by atoms with Gasteiger partial charge in [-0.15, -0.1) is 0 Å². The van der Waals surface area contributed by atoms with Gasteiger partial charge in [-0.05, 0) is 66.7 Å². The lowest BCUT2D eigenvalue weighted by Crippen LogP contribution is -2.30. The van der Waals surface area contributed by atoms with Crippen molar-refractivity contribution in [2.45, 2.75) is 6.42 Å². The Morgan fingerprint density at radius 1 is 1.12 bits per heavy atom. The molecule has 2 heterocycles. The van der Waals surface area contributed by atoms with Crippen LogP contribution >= 0.6 is 11.8 Å². The maximum Gasteiger partial charge on any atom is 0.335 e. The quantitative estimate of drug-likeness (QED) is 0.384. The molecular weight excluding hydrogens is 438 g/mol. The van der Waals surface area contributed by atoms with E-state index in [-0.39, 0.29) is 11.5 Å². The van der Waals surface area contributed by atoms with Crippen LogP contribution in [0.25, 0.3) is 11.8 Å². The van der Waals surface area contributed by atoms with E-state index in [4.69, 9.17) is 9.73 Å². The summed E-state index contributed by atoms with van der Waals surface area (Å²) in [6, 6.07) is 20.0. The van der Waals surface area contributed by atoms with E-state index in [2.05, 4.69) is 0 Å². The number of hydrogen-bond acceptors (Lipinski definition) is 5. The van der Waals surface area contributed by atoms with Crippen molar-refractivity contribution in [2.75, 3.05) is 20.3 Å². The highest BCUT2D eigenvalue weighted by molar-refractivity contribution is 8.18. The summed E-state index contributed by atoms with van der Waals surface area (Å²) in [6.07, 6.45) is 4.35. The lowest BCUT2D eigenvalue weighted by atomic mass is 10.2. The number of aromatic nitrogens is 1. The number of para-hydroxylation sites is 1. The molecule has 0 spiro atoms. The summed E-state index contributed by atoms with van der Waals surface area (Å²) >= 11 is 1.33. The first-order valence-corrected chi connectivity index (χ1v) is 11.2. The van der Waals surface area contributed by atoms with Gasteiger partial charge in [0, 0.05) is 37.8 Å². The summed E-state index contributed by atoms with van der Waals surface area (Å²) in [5.41, 5.74) is 2.45. The van der Waals surface area contributed by atoms with Crippen LogP contribution < -0.4 is 0 Å². The summed E-state index contributed by atoms with van der Waals surface area (Å²) in [4.78, 5) is 31.5. The number of methoxy groups -OCH3 is 1. The number of carbonyl (C=O) groups is 2. The molecule has 168 valence electrons. The van der Waals surface area contributed by atoms with Gasteiger partial charge in [-0.1, -0.05) is 24.3 Å². The zero-order valence-electron chi connectivity index (χ0n) is 18.0. The molecule has 2 aromatic carbocycles. The molecule has 33 heavy (non-hydrogen) atoms. The molecule has 4 rings (SSSR count). The maximum absolute atomic E-state index is 13.2. The molecule has 0 atom stereocenters. The zero-order chi connectivity index (χ0) is 23.2. The van der Waals surface area contributed by atoms with E-state index in [0.717, 1.165) is 11.4 Å². The van der Waals surface area contributed by atoms with Gasteiger partial charge in [-0.25, -0.2) is 9.79 Å². The fraction of sp³-hybridized carbons (Fsp3) is 0.160. The molecule has 1 amide bonds. The molecule has 8 heteroatoms. The standard InChI is InChI=1S/C25H23N3O4S/c1-32-15-7-14-28-23(29)22(33-25(28)26-19-9-3-2-4-10-19)17-21-12-6-13-27(21)20-11-5-8-18(16-20)24(30)31/h2-6,8-13,16-17H,7,14-15H2,1H3,(H,30,31)/b22-17-,26-25?. The summed E-state index contributed by atoms with van der Waals surface area (Å²) in [5, 5.41) is 9.94. The average Bonchev–Trinajstić information content (AvgIpc) is 3.40. The molecule has 0 unspecified atom stereocenters. The number of ether oxygens (including phenoxy) is 1. The van der Waals surface area contributed by atoms with Crippen molar-refractivity contribution < 1.29 is 19.4 Å². The fourth-order valence-corrected chi connectivity index (χ4v) is 4.45. The lowest BCUT2D eigenvalue weighted by Gasteiger charge is -2.15. The maximum atomic E-state index is 13.2. The van der Waals surface area contributed by atoms with Gasteiger partial charge in [0.15, 0.2) is 5.17 Å². The van der Waals surface area contributed by atoms with Crippen molar-refractivity contribution in [3.05, 3.63) is 89.1 Å². The van der Waals surface area contributed by atoms with Crippen molar-refractivity contribution in [2.24, 2.45) is 4.99 Å². The highest BCUT2D eigenvalue weighted by Crippen LogP contribution is 2.34. The largest absolute Gasteiger partial charge is 0.478 e. The second-order valence-corrected chi connectivity index (χ2v) is 8.31. The van der Waals surface area contributed by atoms with Crippen molar-refractivity contribution in [1.29, 1.82) is 0 Å². The van der Waals surface area contributed by atoms with Gasteiger partial charge in [0.05, 0.1) is 16.2 Å². The Bertz CT molecular complexity index is 1220. The molecule has 0 saturated carbocycles. The molecule has 1 aliphatic rings. The van der Waals surface area contributed by atoms with Gasteiger partial charge in [-0.2, -0.15) is 0 Å². The third kappa shape index (κ3) is 5.24. The van der Waals surface area contributed by atoms with Gasteiger partial charge < -0.3 is 14.4 Å². The SMILES string of the molecule is COCCCN1C(=O)/C(=C/c2cccn2-c2cccc(C(=O)O)c2)SC1=Nc1ccccc1. The summed E-state index contributed by atoms with van der Waals surface area (Å²) in [5.74, 6) is -1.10. The molecule has 1 N–H and O–H groups in total. The van der Waals surface area contributed by atoms with E-state index in [0.29, 0.717) is 35.3 Å². The van der Waals surface area contributed by atoms with E-state index in [1.165, 1.54) is 11.8 Å². The van der Waals surface area contributed by atoms with Crippen LogP contribution in [0, 0.1) is 0 Å². The fourth-order valence-electron chi connectivity index (χ4n) is 3.44. The molecule has 0 radical (unpaired) electrons. The minimum Gasteiger partial charge on any atom is -0.478 e. The molecule has 1 fully saturated rings. The zero-order valence-corrected chi connectivity index (χ0v) is 18.9. The number of thioether (sulfide) groups is 1. The Kier molecular flexibility index (Phi) is 7.07. The van der Waals surface area contributed by atoms with E-state index < -0.39 is 5.97 Å². The Balaban J connectivity index is 1.67. The van der Waals surface area contributed by atoms with Gasteiger partial charge in [0.25, 0.3) is 5.91 Å². The minimum absolute atomic E-state index is 0.113. The number of aromatic carboxylic acids is 1. The third-order valence-electron chi connectivity index (χ3n) is 5.03. The predicted molar refractivity (Wildman–Crippen MR) is 130 cm³/mol. The first kappa shape index (κ1) is 22.6. The molecule has 7 nitrogen and oxygen atoms in total. The van der Waals surface area contributed by atoms with E-state index in [1.54, 1.807) is 30.2 Å². The number of rotatable bonds is 8. The number of carboxylic acid groups (broad SMARTS) is 1. The number of amides is 1. The summed E-state index contributed by atoms with van der Waals surface area (Å²) in [6.45, 7) is 1.05. The van der Waals surface area contributed by atoms with Crippen LogP contribution in [-0.4, -0.2) is 51.9 Å². The normalized spacial score (nSPS) is 16.2. The monoisotopic (exact) mass is 461 g/mol. The first-order chi connectivity index (χ1) is 16.1. The second kappa shape index (κ2) is 10.3. The van der Waals surface area contributed by atoms with Crippen LogP contribution in [0.2, 0.25) is 0 Å². The van der Waals surface area contributed by atoms with Gasteiger partial charge in [-0.3, -0.25) is 9.69 Å². The number of benzene rings is 2. The molecular formula is C25H23N3O4S. The number of hydrogen-bond donors (Lipinski definition) is 1. The molecule has 0 aliphatic carbocycles. The van der Waals surface area contributed by atoms with E-state index in [1.807, 2.05) is 65.4 Å². The van der Waals surface area contributed by atoms with Crippen LogP contribution in [0.15, 0.2) is 82.8 Å². The number of carbonyl (C=O) groups excluding carboxylic acids is 1. The molecule has 1 aromatic heterocycles. The van der Waals surface area contributed by atoms with Gasteiger partial charge >= 0.3 is 5.97 Å². The van der Waals surface area contributed by atoms with Crippen LogP contribution in [0.3, 0.4) is 0 Å². The van der Waals surface area contributed by atoms with Crippen LogP contribution in [-0.2, 0) is 9.53 Å². The van der Waals surface area contributed by atoms with Crippen LogP contribution in [0.1, 0.15) is 22.5 Å². The molecule has 1 aliphatic heterocycles. The lowest BCUT2D eigenvalue weighted by molar-refractivity contribution is -0.122. The van der Waals surface area contributed by atoms with Gasteiger partial charge in [0.1, 0.15) is 0 Å². The van der Waals surface area contributed by atoms with Crippen molar-refractivity contribution >= 4 is 40.6 Å². The topological polar surface area (TPSA) is 84.1 Å². The molecule has 3 aromatic rings. The van der Waals surface area contributed by atoms with Crippen molar-refractivity contribution in [1.82, 2.24) is 9.47 Å². The number of aliphatic imine (C=N–C) groups is 1. The minimum atomic E-state index is -0.987. The van der Waals surface area contributed by atoms with Crippen molar-refractivity contribution in [3.63, 3.8) is 0 Å². The average molecular weight is 462 g/mol. The summed E-state index contributed by atoms with van der Waals surface area (Å²) < 4.78 is 7.01. The van der Waals surface area contributed by atoms with E-state index >= 15 is 0 Å². The third-order valence-corrected chi connectivity index (χ3v) is 6.04. The number of amidine groups is 1. The smallest absolute Gasteiger partial charge is 0.335 e. The first-order valence-electron chi connectivity index (χ1n) is 10.4. The second-order valence-electron chi connectivity index (χ2n) is 7.30. The molecule has 1 saturated heterocycles. The number of carboxylic acids is 1. The van der Waals surface area contributed by atoms with Crippen molar-refractivity contribution in [3.8, 4) is 5.69 Å².